The van der Waals surface area contributed by atoms with E-state index in [-0.39, 0.29) is 11.9 Å². The molecule has 0 saturated carbocycles. The zero-order valence-corrected chi connectivity index (χ0v) is 15.3. The van der Waals surface area contributed by atoms with Crippen molar-refractivity contribution in [2.45, 2.75) is 39.8 Å². The van der Waals surface area contributed by atoms with Gasteiger partial charge in [0, 0.05) is 23.7 Å². The van der Waals surface area contributed by atoms with Gasteiger partial charge in [0.25, 0.3) is 5.91 Å². The molecule has 0 bridgehead atoms. The molecule has 3 heterocycles. The van der Waals surface area contributed by atoms with Crippen molar-refractivity contribution in [1.82, 2.24) is 20.1 Å². The molecule has 1 aliphatic heterocycles. The normalized spacial score (nSPS) is 13.8. The van der Waals surface area contributed by atoms with Gasteiger partial charge in [-0.1, -0.05) is 12.1 Å². The van der Waals surface area contributed by atoms with Crippen molar-refractivity contribution < 1.29 is 4.79 Å². The molecule has 0 fully saturated rings. The highest BCUT2D eigenvalue weighted by Gasteiger charge is 2.18. The summed E-state index contributed by atoms with van der Waals surface area (Å²) in [6, 6.07) is 8.20. The van der Waals surface area contributed by atoms with Crippen LogP contribution in [0.2, 0.25) is 0 Å². The van der Waals surface area contributed by atoms with Crippen LogP contribution >= 0.6 is 0 Å². The summed E-state index contributed by atoms with van der Waals surface area (Å²) in [6.07, 6.45) is 2.76. The molecule has 6 heteroatoms. The predicted molar refractivity (Wildman–Crippen MR) is 102 cm³/mol. The van der Waals surface area contributed by atoms with Gasteiger partial charge in [0.15, 0.2) is 5.65 Å². The van der Waals surface area contributed by atoms with E-state index in [0.29, 0.717) is 11.3 Å². The van der Waals surface area contributed by atoms with Crippen LogP contribution in [0.5, 0.6) is 0 Å². The van der Waals surface area contributed by atoms with Crippen LogP contribution in [0.15, 0.2) is 30.5 Å². The third-order valence-corrected chi connectivity index (χ3v) is 4.89. The molecule has 1 amide bonds. The number of aromatic nitrogens is 3. The fourth-order valence-corrected chi connectivity index (χ4v) is 3.49. The SMILES string of the molecule is Cc1nc2c(cnn2C(C)C)cc1C(=O)Nc1cccc2c1CNCC2. The first-order valence-electron chi connectivity index (χ1n) is 9.02. The fraction of sp³-hybridized carbons (Fsp3) is 0.350. The second-order valence-corrected chi connectivity index (χ2v) is 7.04. The number of anilines is 1. The molecule has 0 aliphatic carbocycles. The highest BCUT2D eigenvalue weighted by Crippen LogP contribution is 2.25. The number of fused-ring (bicyclic) bond motifs is 2. The van der Waals surface area contributed by atoms with Gasteiger partial charge >= 0.3 is 0 Å². The van der Waals surface area contributed by atoms with E-state index in [0.717, 1.165) is 36.2 Å². The van der Waals surface area contributed by atoms with Crippen LogP contribution in [0, 0.1) is 6.92 Å². The minimum absolute atomic E-state index is 0.131. The lowest BCUT2D eigenvalue weighted by Gasteiger charge is -2.20. The smallest absolute Gasteiger partial charge is 0.257 e. The summed E-state index contributed by atoms with van der Waals surface area (Å²) < 4.78 is 1.88. The van der Waals surface area contributed by atoms with Gasteiger partial charge in [-0.15, -0.1) is 0 Å². The standard InChI is InChI=1S/C20H23N5O/c1-12(2)25-19-15(10-22-25)9-16(13(3)23-19)20(26)24-18-6-4-5-14-7-8-21-11-17(14)18/h4-6,9-10,12,21H,7-8,11H2,1-3H3,(H,24,26). The maximum absolute atomic E-state index is 12.9. The Kier molecular flexibility index (Phi) is 4.20. The van der Waals surface area contributed by atoms with Gasteiger partial charge in [0.2, 0.25) is 0 Å². The number of nitrogens with one attached hydrogen (secondary N) is 2. The van der Waals surface area contributed by atoms with E-state index in [9.17, 15) is 4.79 Å². The molecule has 3 aromatic rings. The third-order valence-electron chi connectivity index (χ3n) is 4.89. The van der Waals surface area contributed by atoms with Crippen molar-refractivity contribution in [3.8, 4) is 0 Å². The number of aryl methyl sites for hydroxylation is 1. The lowest BCUT2D eigenvalue weighted by Crippen LogP contribution is -2.25. The quantitative estimate of drug-likeness (QED) is 0.762. The minimum atomic E-state index is -0.131. The predicted octanol–water partition coefficient (Wildman–Crippen LogP) is 3.22. The third kappa shape index (κ3) is 2.86. The summed E-state index contributed by atoms with van der Waals surface area (Å²) in [5, 5.41) is 11.7. The zero-order chi connectivity index (χ0) is 18.3. The number of rotatable bonds is 3. The number of hydrogen-bond donors (Lipinski definition) is 2. The summed E-state index contributed by atoms with van der Waals surface area (Å²) in [7, 11) is 0. The van der Waals surface area contributed by atoms with Crippen molar-refractivity contribution in [3.05, 3.63) is 52.8 Å². The van der Waals surface area contributed by atoms with E-state index >= 15 is 0 Å². The number of carbonyl (C=O) groups is 1. The molecule has 1 aromatic carbocycles. The van der Waals surface area contributed by atoms with Gasteiger partial charge in [-0.25, -0.2) is 9.67 Å². The fourth-order valence-electron chi connectivity index (χ4n) is 3.49. The topological polar surface area (TPSA) is 71.8 Å². The van der Waals surface area contributed by atoms with Crippen molar-refractivity contribution in [1.29, 1.82) is 0 Å². The first-order valence-corrected chi connectivity index (χ1v) is 9.02. The molecule has 0 unspecified atom stereocenters. The maximum atomic E-state index is 12.9. The molecule has 1 aliphatic rings. The van der Waals surface area contributed by atoms with Crippen molar-refractivity contribution in [3.63, 3.8) is 0 Å². The summed E-state index contributed by atoms with van der Waals surface area (Å²) >= 11 is 0. The van der Waals surface area contributed by atoms with Gasteiger partial charge in [-0.05, 0) is 57.0 Å². The molecule has 0 spiro atoms. The first kappa shape index (κ1) is 16.7. The van der Waals surface area contributed by atoms with E-state index in [4.69, 9.17) is 0 Å². The lowest BCUT2D eigenvalue weighted by atomic mass is 9.99. The molecule has 134 valence electrons. The minimum Gasteiger partial charge on any atom is -0.322 e. The van der Waals surface area contributed by atoms with E-state index in [2.05, 4.69) is 40.6 Å². The van der Waals surface area contributed by atoms with Crippen LogP contribution in [0.3, 0.4) is 0 Å². The molecule has 6 nitrogen and oxygen atoms in total. The number of nitrogens with zero attached hydrogens (tertiary/aromatic N) is 3. The summed E-state index contributed by atoms with van der Waals surface area (Å²) in [5.41, 5.74) is 5.45. The van der Waals surface area contributed by atoms with Crippen LogP contribution in [-0.4, -0.2) is 27.2 Å². The van der Waals surface area contributed by atoms with Gasteiger partial charge < -0.3 is 10.6 Å². The Morgan fingerprint density at radius 3 is 3.00 bits per heavy atom. The van der Waals surface area contributed by atoms with Gasteiger partial charge in [0.1, 0.15) is 0 Å². The van der Waals surface area contributed by atoms with Crippen molar-refractivity contribution >= 4 is 22.6 Å². The summed E-state index contributed by atoms with van der Waals surface area (Å²) in [5.74, 6) is -0.131. The number of hydrogen-bond acceptors (Lipinski definition) is 4. The largest absolute Gasteiger partial charge is 0.322 e. The van der Waals surface area contributed by atoms with Crippen molar-refractivity contribution in [2.75, 3.05) is 11.9 Å². The zero-order valence-electron chi connectivity index (χ0n) is 15.3. The average Bonchev–Trinajstić information content (AvgIpc) is 3.04. The number of amides is 1. The van der Waals surface area contributed by atoms with Crippen LogP contribution in [-0.2, 0) is 13.0 Å². The van der Waals surface area contributed by atoms with Gasteiger partial charge in [-0.2, -0.15) is 5.10 Å². The second kappa shape index (κ2) is 6.53. The number of carbonyl (C=O) groups excluding carboxylic acids is 1. The molecule has 0 radical (unpaired) electrons. The Labute approximate surface area is 152 Å². The van der Waals surface area contributed by atoms with Gasteiger partial charge in [-0.3, -0.25) is 4.79 Å². The maximum Gasteiger partial charge on any atom is 0.257 e. The molecule has 4 rings (SSSR count). The monoisotopic (exact) mass is 349 g/mol. The Morgan fingerprint density at radius 1 is 1.35 bits per heavy atom. The van der Waals surface area contributed by atoms with E-state index in [1.807, 2.05) is 29.8 Å². The number of benzene rings is 1. The molecular weight excluding hydrogens is 326 g/mol. The Hall–Kier alpha value is -2.73. The van der Waals surface area contributed by atoms with Crippen LogP contribution in [0.4, 0.5) is 5.69 Å². The first-order chi connectivity index (χ1) is 12.5. The Morgan fingerprint density at radius 2 is 2.19 bits per heavy atom. The summed E-state index contributed by atoms with van der Waals surface area (Å²) in [4.78, 5) is 17.5. The van der Waals surface area contributed by atoms with E-state index in [1.54, 1.807) is 6.20 Å². The van der Waals surface area contributed by atoms with Crippen LogP contribution < -0.4 is 10.6 Å². The second-order valence-electron chi connectivity index (χ2n) is 7.04. The number of pyridine rings is 1. The summed E-state index contributed by atoms with van der Waals surface area (Å²) in [6.45, 7) is 7.76. The highest BCUT2D eigenvalue weighted by atomic mass is 16.1. The van der Waals surface area contributed by atoms with E-state index < -0.39 is 0 Å². The Bertz CT molecular complexity index is 989. The average molecular weight is 349 g/mol. The molecule has 2 N–H and O–H groups in total. The van der Waals surface area contributed by atoms with Gasteiger partial charge in [0.05, 0.1) is 17.5 Å². The van der Waals surface area contributed by atoms with Crippen LogP contribution in [0.25, 0.3) is 11.0 Å². The molecule has 2 aromatic heterocycles. The molecule has 26 heavy (non-hydrogen) atoms. The molecule has 0 atom stereocenters. The van der Waals surface area contributed by atoms with E-state index in [1.165, 1.54) is 11.1 Å². The van der Waals surface area contributed by atoms with Crippen LogP contribution in [0.1, 0.15) is 47.1 Å². The van der Waals surface area contributed by atoms with Crippen molar-refractivity contribution in [2.24, 2.45) is 0 Å². The molecular formula is C20H23N5O. The Balaban J connectivity index is 1.68. The lowest BCUT2D eigenvalue weighted by molar-refractivity contribution is 0.102. The highest BCUT2D eigenvalue weighted by molar-refractivity contribution is 6.07. The molecule has 0 saturated heterocycles.